The van der Waals surface area contributed by atoms with Crippen LogP contribution in [0.3, 0.4) is 0 Å². The van der Waals surface area contributed by atoms with E-state index in [0.717, 1.165) is 6.42 Å². The Labute approximate surface area is 98.2 Å². The van der Waals surface area contributed by atoms with E-state index in [2.05, 4.69) is 15.3 Å². The maximum absolute atomic E-state index is 11.8. The van der Waals surface area contributed by atoms with Gasteiger partial charge in [-0.2, -0.15) is 0 Å². The minimum Gasteiger partial charge on any atom is -0.378 e. The van der Waals surface area contributed by atoms with Crippen LogP contribution in [0.5, 0.6) is 0 Å². The Morgan fingerprint density at radius 2 is 2.50 bits per heavy atom. The van der Waals surface area contributed by atoms with Crippen LogP contribution in [0.15, 0.2) is 12.3 Å². The molecule has 86 valence electrons. The van der Waals surface area contributed by atoms with Gasteiger partial charge in [-0.05, 0) is 19.4 Å². The van der Waals surface area contributed by atoms with Crippen LogP contribution in [0.1, 0.15) is 13.3 Å². The molecular formula is C10H12ClN3O2. The van der Waals surface area contributed by atoms with Gasteiger partial charge < -0.3 is 4.74 Å². The van der Waals surface area contributed by atoms with Crippen molar-refractivity contribution in [2.75, 3.05) is 11.9 Å². The van der Waals surface area contributed by atoms with Crippen molar-refractivity contribution in [3.05, 3.63) is 17.4 Å². The third-order valence-corrected chi connectivity index (χ3v) is 2.78. The van der Waals surface area contributed by atoms with Gasteiger partial charge in [0.2, 0.25) is 11.9 Å². The Morgan fingerprint density at radius 1 is 1.69 bits per heavy atom. The lowest BCUT2D eigenvalue weighted by Crippen LogP contribution is -2.28. The number of anilines is 1. The predicted molar refractivity (Wildman–Crippen MR) is 59.2 cm³/mol. The number of amides is 1. The van der Waals surface area contributed by atoms with Crippen molar-refractivity contribution in [2.45, 2.75) is 19.4 Å². The van der Waals surface area contributed by atoms with E-state index in [-0.39, 0.29) is 23.9 Å². The molecule has 2 unspecified atom stereocenters. The van der Waals surface area contributed by atoms with E-state index >= 15 is 0 Å². The highest BCUT2D eigenvalue weighted by molar-refractivity contribution is 6.29. The number of halogens is 1. The molecule has 1 aromatic heterocycles. The summed E-state index contributed by atoms with van der Waals surface area (Å²) in [5.74, 6) is -0.0218. The van der Waals surface area contributed by atoms with Crippen molar-refractivity contribution in [1.82, 2.24) is 9.97 Å². The van der Waals surface area contributed by atoms with Crippen LogP contribution in [-0.4, -0.2) is 28.6 Å². The van der Waals surface area contributed by atoms with Gasteiger partial charge in [0, 0.05) is 12.8 Å². The summed E-state index contributed by atoms with van der Waals surface area (Å²) < 4.78 is 5.32. The largest absolute Gasteiger partial charge is 0.378 e. The lowest BCUT2D eigenvalue weighted by molar-refractivity contribution is -0.121. The fourth-order valence-corrected chi connectivity index (χ4v) is 1.81. The fourth-order valence-electron chi connectivity index (χ4n) is 1.68. The number of hydrogen-bond acceptors (Lipinski definition) is 4. The molecule has 2 atom stereocenters. The Kier molecular flexibility index (Phi) is 3.36. The smallest absolute Gasteiger partial charge is 0.232 e. The monoisotopic (exact) mass is 241 g/mol. The lowest BCUT2D eigenvalue weighted by atomic mass is 10.0. The van der Waals surface area contributed by atoms with E-state index < -0.39 is 0 Å². The van der Waals surface area contributed by atoms with E-state index in [4.69, 9.17) is 16.3 Å². The molecule has 0 bridgehead atoms. The first-order valence-electron chi connectivity index (χ1n) is 5.08. The summed E-state index contributed by atoms with van der Waals surface area (Å²) in [5.41, 5.74) is 0. The van der Waals surface area contributed by atoms with Gasteiger partial charge in [-0.15, -0.1) is 0 Å². The number of ether oxygens (including phenoxy) is 1. The van der Waals surface area contributed by atoms with Gasteiger partial charge in [0.05, 0.1) is 12.0 Å². The van der Waals surface area contributed by atoms with Crippen LogP contribution in [0.25, 0.3) is 0 Å². The molecule has 0 aromatic carbocycles. The average Bonchev–Trinajstić information content (AvgIpc) is 2.64. The summed E-state index contributed by atoms with van der Waals surface area (Å²) in [6.07, 6.45) is 2.17. The van der Waals surface area contributed by atoms with Crippen molar-refractivity contribution < 1.29 is 9.53 Å². The van der Waals surface area contributed by atoms with Crippen molar-refractivity contribution >= 4 is 23.5 Å². The summed E-state index contributed by atoms with van der Waals surface area (Å²) in [6, 6.07) is 1.55. The highest BCUT2D eigenvalue weighted by Gasteiger charge is 2.31. The maximum atomic E-state index is 11.8. The summed E-state index contributed by atoms with van der Waals surface area (Å²) in [5, 5.41) is 2.94. The Hall–Kier alpha value is -1.20. The van der Waals surface area contributed by atoms with E-state index in [9.17, 15) is 4.79 Å². The molecule has 5 nitrogen and oxygen atoms in total. The molecule has 6 heteroatoms. The number of nitrogens with one attached hydrogen (secondary N) is 1. The van der Waals surface area contributed by atoms with Gasteiger partial charge in [0.25, 0.3) is 0 Å². The normalized spacial score (nSPS) is 24.4. The Balaban J connectivity index is 2.02. The van der Waals surface area contributed by atoms with Crippen molar-refractivity contribution in [2.24, 2.45) is 5.92 Å². The summed E-state index contributed by atoms with van der Waals surface area (Å²) in [7, 11) is 0. The second-order valence-corrected chi connectivity index (χ2v) is 4.05. The number of carbonyl (C=O) groups excluding carboxylic acids is 1. The quantitative estimate of drug-likeness (QED) is 0.797. The fraction of sp³-hybridized carbons (Fsp3) is 0.500. The number of hydrogen-bond donors (Lipinski definition) is 1. The van der Waals surface area contributed by atoms with Gasteiger partial charge in [0.15, 0.2) is 0 Å². The second kappa shape index (κ2) is 4.76. The van der Waals surface area contributed by atoms with Crippen LogP contribution >= 0.6 is 11.6 Å². The predicted octanol–water partition coefficient (Wildman–Crippen LogP) is 1.49. The molecule has 0 aliphatic carbocycles. The van der Waals surface area contributed by atoms with Crippen LogP contribution in [0.2, 0.25) is 5.15 Å². The third-order valence-electron chi connectivity index (χ3n) is 2.57. The molecule has 1 N–H and O–H groups in total. The molecule has 0 spiro atoms. The molecule has 0 radical (unpaired) electrons. The molecule has 1 amide bonds. The topological polar surface area (TPSA) is 64.1 Å². The number of aromatic nitrogens is 2. The van der Waals surface area contributed by atoms with Gasteiger partial charge in [-0.25, -0.2) is 9.97 Å². The van der Waals surface area contributed by atoms with Gasteiger partial charge in [-0.1, -0.05) is 11.6 Å². The average molecular weight is 242 g/mol. The molecule has 1 aromatic rings. The summed E-state index contributed by atoms with van der Waals surface area (Å²) in [4.78, 5) is 19.6. The lowest BCUT2D eigenvalue weighted by Gasteiger charge is -2.12. The van der Waals surface area contributed by atoms with Crippen LogP contribution in [-0.2, 0) is 9.53 Å². The molecule has 2 heterocycles. The zero-order valence-electron chi connectivity index (χ0n) is 8.81. The standard InChI is InChI=1S/C10H12ClN3O2/c1-6-7(3-5-16-6)9(15)14-10-12-4-2-8(11)13-10/h2,4,6-7H,3,5H2,1H3,(H,12,13,14,15). The maximum Gasteiger partial charge on any atom is 0.232 e. The molecular weight excluding hydrogens is 230 g/mol. The van der Waals surface area contributed by atoms with Gasteiger partial charge in [0.1, 0.15) is 5.15 Å². The van der Waals surface area contributed by atoms with Crippen LogP contribution in [0.4, 0.5) is 5.95 Å². The highest BCUT2D eigenvalue weighted by Crippen LogP contribution is 2.21. The minimum absolute atomic E-state index is 0.0563. The third kappa shape index (κ3) is 2.48. The zero-order chi connectivity index (χ0) is 11.5. The number of rotatable bonds is 2. The molecule has 1 saturated heterocycles. The molecule has 1 fully saturated rings. The van der Waals surface area contributed by atoms with E-state index in [0.29, 0.717) is 11.8 Å². The number of nitrogens with zero attached hydrogens (tertiary/aromatic N) is 2. The van der Waals surface area contributed by atoms with Crippen molar-refractivity contribution in [1.29, 1.82) is 0 Å². The Bertz CT molecular complexity index is 399. The van der Waals surface area contributed by atoms with E-state index in [1.165, 1.54) is 6.20 Å². The van der Waals surface area contributed by atoms with E-state index in [1.807, 2.05) is 6.92 Å². The summed E-state index contributed by atoms with van der Waals surface area (Å²) in [6.45, 7) is 2.51. The van der Waals surface area contributed by atoms with E-state index in [1.54, 1.807) is 6.07 Å². The SMILES string of the molecule is CC1OCCC1C(=O)Nc1nccc(Cl)n1. The van der Waals surface area contributed by atoms with Gasteiger partial charge >= 0.3 is 0 Å². The second-order valence-electron chi connectivity index (χ2n) is 3.66. The first-order chi connectivity index (χ1) is 7.66. The molecule has 1 aliphatic rings. The summed E-state index contributed by atoms with van der Waals surface area (Å²) >= 11 is 5.69. The first-order valence-corrected chi connectivity index (χ1v) is 5.45. The van der Waals surface area contributed by atoms with Crippen molar-refractivity contribution in [3.8, 4) is 0 Å². The first kappa shape index (κ1) is 11.3. The van der Waals surface area contributed by atoms with Crippen LogP contribution < -0.4 is 5.32 Å². The molecule has 1 aliphatic heterocycles. The number of carbonyl (C=O) groups is 1. The van der Waals surface area contributed by atoms with Crippen LogP contribution in [0, 0.1) is 5.92 Å². The molecule has 0 saturated carbocycles. The van der Waals surface area contributed by atoms with Crippen molar-refractivity contribution in [3.63, 3.8) is 0 Å². The van der Waals surface area contributed by atoms with Gasteiger partial charge in [-0.3, -0.25) is 10.1 Å². The Morgan fingerprint density at radius 3 is 3.12 bits per heavy atom. The molecule has 2 rings (SSSR count). The zero-order valence-corrected chi connectivity index (χ0v) is 9.57. The molecule has 16 heavy (non-hydrogen) atoms. The highest BCUT2D eigenvalue weighted by atomic mass is 35.5. The minimum atomic E-state index is -0.136.